The Bertz CT molecular complexity index is 459. The fourth-order valence-electron chi connectivity index (χ4n) is 1.35. The molecule has 0 fully saturated rings. The van der Waals surface area contributed by atoms with Crippen LogP contribution in [0.25, 0.3) is 0 Å². The molecule has 0 aliphatic rings. The number of phenolic OH excluding ortho intramolecular Hbond substituents is 1. The van der Waals surface area contributed by atoms with E-state index < -0.39 is 41.1 Å². The maximum atomic E-state index is 13.5. The number of halogens is 4. The van der Waals surface area contributed by atoms with E-state index in [2.05, 4.69) is 4.74 Å². The van der Waals surface area contributed by atoms with Crippen molar-refractivity contribution < 1.29 is 27.8 Å². The van der Waals surface area contributed by atoms with Crippen molar-refractivity contribution >= 4 is 18.4 Å². The number of ether oxygens (including phenoxy) is 1. The normalized spacial score (nSPS) is 13.3. The van der Waals surface area contributed by atoms with Crippen LogP contribution in [0.3, 0.4) is 0 Å². The first-order chi connectivity index (χ1) is 8.40. The number of alkyl halides is 1. The van der Waals surface area contributed by atoms with E-state index in [9.17, 15) is 23.1 Å². The van der Waals surface area contributed by atoms with Gasteiger partial charge in [-0.05, 0) is 13.0 Å². The van der Waals surface area contributed by atoms with Crippen molar-refractivity contribution in [1.82, 2.24) is 0 Å². The molecule has 0 aliphatic heterocycles. The highest BCUT2D eigenvalue weighted by Gasteiger charge is 2.30. The number of carbonyl (C=O) groups is 1. The summed E-state index contributed by atoms with van der Waals surface area (Å²) in [5.41, 5.74) is 4.96. The van der Waals surface area contributed by atoms with Crippen LogP contribution in [0.1, 0.15) is 18.5 Å². The smallest absolute Gasteiger partial charge is 0.342 e. The minimum absolute atomic E-state index is 0. The molecule has 8 heteroatoms. The standard InChI is InChI=1S/C11H12F3NO3.ClH/c1-2-18-11(17)8(14)9(15)5-3-4-6(12)7(13)10(5)16;/h3-4,8-9,16H,2,15H2,1H3;1H/t8?,9-;/m0./s1. The Morgan fingerprint density at radius 1 is 1.47 bits per heavy atom. The molecule has 0 heterocycles. The monoisotopic (exact) mass is 299 g/mol. The van der Waals surface area contributed by atoms with E-state index in [1.807, 2.05) is 0 Å². The number of phenols is 1. The summed E-state index contributed by atoms with van der Waals surface area (Å²) in [5, 5.41) is 9.30. The topological polar surface area (TPSA) is 72.5 Å². The largest absolute Gasteiger partial charge is 0.505 e. The van der Waals surface area contributed by atoms with Gasteiger partial charge in [0.05, 0.1) is 12.6 Å². The minimum Gasteiger partial charge on any atom is -0.505 e. The highest BCUT2D eigenvalue weighted by molar-refractivity contribution is 5.85. The number of carbonyl (C=O) groups excluding carboxylic acids is 1. The van der Waals surface area contributed by atoms with Crippen molar-refractivity contribution in [2.45, 2.75) is 19.1 Å². The van der Waals surface area contributed by atoms with Crippen LogP contribution in [0.5, 0.6) is 5.75 Å². The van der Waals surface area contributed by atoms with Crippen molar-refractivity contribution in [2.75, 3.05) is 6.61 Å². The molecule has 2 atom stereocenters. The second-order valence-corrected chi connectivity index (χ2v) is 3.48. The van der Waals surface area contributed by atoms with Crippen LogP contribution in [-0.2, 0) is 9.53 Å². The molecule has 1 rings (SSSR count). The van der Waals surface area contributed by atoms with Gasteiger partial charge in [0, 0.05) is 5.56 Å². The number of nitrogens with two attached hydrogens (primary N) is 1. The van der Waals surface area contributed by atoms with Gasteiger partial charge in [0.1, 0.15) is 0 Å². The number of esters is 1. The third kappa shape index (κ3) is 3.74. The molecule has 3 N–H and O–H groups in total. The van der Waals surface area contributed by atoms with Crippen LogP contribution in [0.4, 0.5) is 13.2 Å². The van der Waals surface area contributed by atoms with Crippen molar-refractivity contribution in [3.8, 4) is 5.75 Å². The molecule has 0 radical (unpaired) electrons. The fourth-order valence-corrected chi connectivity index (χ4v) is 1.35. The Kier molecular flexibility index (Phi) is 6.64. The SMILES string of the molecule is CCOC(=O)C(F)[C@@H](N)c1ccc(F)c(F)c1O.Cl. The summed E-state index contributed by atoms with van der Waals surface area (Å²) in [6, 6.07) is -0.0501. The van der Waals surface area contributed by atoms with Gasteiger partial charge >= 0.3 is 5.97 Å². The summed E-state index contributed by atoms with van der Waals surface area (Å²) < 4.78 is 43.7. The second kappa shape index (κ2) is 7.20. The van der Waals surface area contributed by atoms with Gasteiger partial charge in [0.25, 0.3) is 0 Å². The van der Waals surface area contributed by atoms with Crippen LogP contribution in [0.2, 0.25) is 0 Å². The molecule has 19 heavy (non-hydrogen) atoms. The molecule has 0 amide bonds. The summed E-state index contributed by atoms with van der Waals surface area (Å²) in [4.78, 5) is 11.1. The second-order valence-electron chi connectivity index (χ2n) is 3.48. The van der Waals surface area contributed by atoms with E-state index in [-0.39, 0.29) is 19.0 Å². The molecule has 1 unspecified atom stereocenters. The molecular weight excluding hydrogens is 287 g/mol. The van der Waals surface area contributed by atoms with Gasteiger partial charge in [-0.15, -0.1) is 12.4 Å². The van der Waals surface area contributed by atoms with Gasteiger partial charge in [0.2, 0.25) is 12.0 Å². The number of hydrogen-bond donors (Lipinski definition) is 2. The molecular formula is C11H13ClF3NO3. The first kappa shape index (κ1) is 17.5. The molecule has 0 bridgehead atoms. The number of benzene rings is 1. The highest BCUT2D eigenvalue weighted by atomic mass is 35.5. The van der Waals surface area contributed by atoms with Gasteiger partial charge < -0.3 is 15.6 Å². The number of hydrogen-bond acceptors (Lipinski definition) is 4. The third-order valence-corrected chi connectivity index (χ3v) is 2.29. The summed E-state index contributed by atoms with van der Waals surface area (Å²) in [5.74, 6) is -5.18. The van der Waals surface area contributed by atoms with Gasteiger partial charge in [-0.2, -0.15) is 4.39 Å². The Labute approximate surface area is 113 Å². The lowest BCUT2D eigenvalue weighted by Gasteiger charge is -2.17. The van der Waals surface area contributed by atoms with E-state index >= 15 is 0 Å². The van der Waals surface area contributed by atoms with Crippen LogP contribution in [0, 0.1) is 11.6 Å². The lowest BCUT2D eigenvalue weighted by molar-refractivity contribution is -0.149. The van der Waals surface area contributed by atoms with Crippen LogP contribution < -0.4 is 5.73 Å². The maximum absolute atomic E-state index is 13.5. The Balaban J connectivity index is 0.00000324. The Morgan fingerprint density at radius 2 is 2.05 bits per heavy atom. The Morgan fingerprint density at radius 3 is 2.58 bits per heavy atom. The molecule has 0 spiro atoms. The van der Waals surface area contributed by atoms with E-state index in [0.29, 0.717) is 6.07 Å². The molecule has 0 aliphatic carbocycles. The summed E-state index contributed by atoms with van der Waals surface area (Å²) in [6.45, 7) is 1.43. The first-order valence-corrected chi connectivity index (χ1v) is 5.13. The third-order valence-electron chi connectivity index (χ3n) is 2.29. The van der Waals surface area contributed by atoms with Crippen molar-refractivity contribution in [2.24, 2.45) is 5.73 Å². The average Bonchev–Trinajstić information content (AvgIpc) is 2.35. The first-order valence-electron chi connectivity index (χ1n) is 5.13. The van der Waals surface area contributed by atoms with E-state index in [1.54, 1.807) is 0 Å². The summed E-state index contributed by atoms with van der Waals surface area (Å²) in [7, 11) is 0. The molecule has 4 nitrogen and oxygen atoms in total. The van der Waals surface area contributed by atoms with Gasteiger partial charge in [-0.3, -0.25) is 0 Å². The minimum atomic E-state index is -2.28. The van der Waals surface area contributed by atoms with Crippen LogP contribution >= 0.6 is 12.4 Å². The quantitative estimate of drug-likeness (QED) is 0.834. The highest BCUT2D eigenvalue weighted by Crippen LogP contribution is 2.30. The van der Waals surface area contributed by atoms with Crippen molar-refractivity contribution in [3.63, 3.8) is 0 Å². The zero-order chi connectivity index (χ0) is 13.9. The molecule has 1 aromatic carbocycles. The van der Waals surface area contributed by atoms with E-state index in [1.165, 1.54) is 6.92 Å². The van der Waals surface area contributed by atoms with Gasteiger partial charge in [-0.25, -0.2) is 13.6 Å². The molecule has 0 saturated heterocycles. The van der Waals surface area contributed by atoms with Crippen LogP contribution in [-0.4, -0.2) is 23.9 Å². The maximum Gasteiger partial charge on any atom is 0.342 e. The predicted octanol–water partition coefficient (Wildman–Crippen LogP) is 1.99. The summed E-state index contributed by atoms with van der Waals surface area (Å²) in [6.07, 6.45) is -2.28. The Hall–Kier alpha value is -1.47. The predicted molar refractivity (Wildman–Crippen MR) is 63.7 cm³/mol. The lowest BCUT2D eigenvalue weighted by Crippen LogP contribution is -2.31. The molecule has 1 aromatic rings. The van der Waals surface area contributed by atoms with Gasteiger partial charge in [0.15, 0.2) is 11.6 Å². The lowest BCUT2D eigenvalue weighted by atomic mass is 10.0. The van der Waals surface area contributed by atoms with Crippen molar-refractivity contribution in [1.29, 1.82) is 0 Å². The average molecular weight is 300 g/mol. The number of aromatic hydroxyl groups is 1. The van der Waals surface area contributed by atoms with Crippen molar-refractivity contribution in [3.05, 3.63) is 29.3 Å². The van der Waals surface area contributed by atoms with Gasteiger partial charge in [-0.1, -0.05) is 6.07 Å². The van der Waals surface area contributed by atoms with Crippen LogP contribution in [0.15, 0.2) is 12.1 Å². The molecule has 0 aromatic heterocycles. The van der Waals surface area contributed by atoms with E-state index in [4.69, 9.17) is 5.73 Å². The molecule has 108 valence electrons. The fraction of sp³-hybridized carbons (Fsp3) is 0.364. The number of rotatable bonds is 4. The molecule has 0 saturated carbocycles. The summed E-state index contributed by atoms with van der Waals surface area (Å²) >= 11 is 0. The van der Waals surface area contributed by atoms with E-state index in [0.717, 1.165) is 6.07 Å². The zero-order valence-electron chi connectivity index (χ0n) is 9.90. The zero-order valence-corrected chi connectivity index (χ0v) is 10.7.